The molecule has 3 fully saturated rings. The van der Waals surface area contributed by atoms with Crippen LogP contribution in [0.2, 0.25) is 0 Å². The Labute approximate surface area is 244 Å². The lowest BCUT2D eigenvalue weighted by molar-refractivity contribution is -0.184. The number of likely N-dealkylation sites (N-methyl/N-ethyl adjacent to an activating group) is 1. The first-order chi connectivity index (χ1) is 19.9. The van der Waals surface area contributed by atoms with Crippen LogP contribution in [0.15, 0.2) is 42.0 Å². The zero-order valence-electron chi connectivity index (χ0n) is 23.8. The summed E-state index contributed by atoms with van der Waals surface area (Å²) in [6.07, 6.45) is 1.21. The van der Waals surface area contributed by atoms with E-state index < -0.39 is 58.7 Å². The van der Waals surface area contributed by atoms with Crippen molar-refractivity contribution in [2.24, 2.45) is 23.5 Å². The summed E-state index contributed by atoms with van der Waals surface area (Å²) in [6.45, 7) is 2.96. The number of likely N-dealkylation sites (tertiary alicyclic amines) is 1. The number of carbonyl (C=O) groups is 3. The Balaban J connectivity index is 1.45. The van der Waals surface area contributed by atoms with Crippen LogP contribution in [-0.2, 0) is 27.3 Å². The maximum Gasteiger partial charge on any atom is 0.230 e. The van der Waals surface area contributed by atoms with Gasteiger partial charge in [-0.25, -0.2) is 0 Å². The minimum absolute atomic E-state index is 0.0856. The summed E-state index contributed by atoms with van der Waals surface area (Å²) < 4.78 is 0. The number of ketones is 2. The number of phenolic OH excluding ortho intramolecular Hbond substituents is 1. The summed E-state index contributed by atoms with van der Waals surface area (Å²) in [5.74, 6) is -7.46. The number of hydrogen-bond donors (Lipinski definition) is 5. The summed E-state index contributed by atoms with van der Waals surface area (Å²) in [6, 6.07) is 10.5. The molecule has 42 heavy (non-hydrogen) atoms. The van der Waals surface area contributed by atoms with E-state index in [9.17, 15) is 34.8 Å². The van der Waals surface area contributed by atoms with Crippen LogP contribution in [0.4, 0.5) is 0 Å². The second-order valence-electron chi connectivity index (χ2n) is 12.5. The molecule has 10 heteroatoms. The summed E-state index contributed by atoms with van der Waals surface area (Å²) >= 11 is 0. The first-order valence-corrected chi connectivity index (χ1v) is 14.5. The van der Waals surface area contributed by atoms with Gasteiger partial charge in [0, 0.05) is 24.1 Å². The van der Waals surface area contributed by atoms with Crippen molar-refractivity contribution in [1.82, 2.24) is 9.80 Å². The molecule has 1 aliphatic heterocycles. The molecule has 0 spiro atoms. The van der Waals surface area contributed by atoms with Gasteiger partial charge in [-0.05, 0) is 93.2 Å². The predicted molar refractivity (Wildman–Crippen MR) is 154 cm³/mol. The number of primary amides is 1. The zero-order valence-corrected chi connectivity index (χ0v) is 23.8. The maximum absolute atomic E-state index is 14.0. The van der Waals surface area contributed by atoms with Crippen molar-refractivity contribution >= 4 is 23.2 Å². The van der Waals surface area contributed by atoms with Crippen molar-refractivity contribution in [3.63, 3.8) is 0 Å². The monoisotopic (exact) mass is 575 g/mol. The van der Waals surface area contributed by atoms with Crippen molar-refractivity contribution in [2.75, 3.05) is 27.2 Å². The van der Waals surface area contributed by atoms with Gasteiger partial charge in [-0.3, -0.25) is 19.3 Å². The van der Waals surface area contributed by atoms with Crippen LogP contribution in [0.3, 0.4) is 0 Å². The number of aromatic hydroxyl groups is 1. The van der Waals surface area contributed by atoms with Gasteiger partial charge in [0.25, 0.3) is 0 Å². The molecule has 1 saturated heterocycles. The molecule has 6 N–H and O–H groups in total. The van der Waals surface area contributed by atoms with E-state index in [2.05, 4.69) is 17.0 Å². The van der Waals surface area contributed by atoms with Gasteiger partial charge >= 0.3 is 0 Å². The molecule has 1 heterocycles. The van der Waals surface area contributed by atoms with Gasteiger partial charge in [0.1, 0.15) is 17.4 Å². The van der Waals surface area contributed by atoms with Crippen LogP contribution in [0.1, 0.15) is 36.0 Å². The lowest BCUT2D eigenvalue weighted by Gasteiger charge is -2.53. The Bertz CT molecular complexity index is 1510. The molecular weight excluding hydrogens is 538 g/mol. The van der Waals surface area contributed by atoms with E-state index in [-0.39, 0.29) is 29.7 Å². The zero-order chi connectivity index (χ0) is 30.1. The van der Waals surface area contributed by atoms with Crippen LogP contribution in [0, 0.1) is 17.8 Å². The number of benzene rings is 2. The largest absolute Gasteiger partial charge is 0.507 e. The number of amides is 1. The molecular formula is C32H37N3O7. The molecule has 0 aromatic heterocycles. The van der Waals surface area contributed by atoms with Gasteiger partial charge in [0.05, 0.1) is 11.7 Å². The third-order valence-corrected chi connectivity index (χ3v) is 9.81. The minimum atomic E-state index is -2.66. The highest BCUT2D eigenvalue weighted by Gasteiger charge is 2.67. The number of aliphatic hydroxyl groups is 3. The van der Waals surface area contributed by atoms with Crippen molar-refractivity contribution < 1.29 is 34.8 Å². The van der Waals surface area contributed by atoms with Gasteiger partial charge in [-0.15, -0.1) is 0 Å². The van der Waals surface area contributed by atoms with E-state index in [0.717, 1.165) is 36.3 Å². The van der Waals surface area contributed by atoms with Crippen molar-refractivity contribution in [2.45, 2.75) is 50.0 Å². The van der Waals surface area contributed by atoms with E-state index in [1.807, 2.05) is 12.1 Å². The first kappa shape index (κ1) is 28.5. The van der Waals surface area contributed by atoms with Gasteiger partial charge in [0.2, 0.25) is 11.7 Å². The summed E-state index contributed by atoms with van der Waals surface area (Å²) in [4.78, 5) is 43.7. The molecule has 2 saturated carbocycles. The third-order valence-electron chi connectivity index (χ3n) is 9.81. The Hall–Kier alpha value is -3.57. The van der Waals surface area contributed by atoms with Crippen LogP contribution >= 0.6 is 0 Å². The van der Waals surface area contributed by atoms with E-state index in [1.165, 1.54) is 18.9 Å². The topological polar surface area (TPSA) is 165 Å². The fourth-order valence-electron chi connectivity index (χ4n) is 7.91. The molecule has 6 atom stereocenters. The number of nitrogens with zero attached hydrogens (tertiary/aromatic N) is 2. The van der Waals surface area contributed by atoms with E-state index in [4.69, 9.17) is 5.73 Å². The van der Waals surface area contributed by atoms with Crippen LogP contribution in [0.5, 0.6) is 5.75 Å². The smallest absolute Gasteiger partial charge is 0.230 e. The number of fused-ring (bicyclic) bond motifs is 3. The molecule has 222 valence electrons. The molecule has 0 radical (unpaired) electrons. The van der Waals surface area contributed by atoms with E-state index >= 15 is 0 Å². The van der Waals surface area contributed by atoms with E-state index in [1.54, 1.807) is 25.1 Å². The van der Waals surface area contributed by atoms with Gasteiger partial charge in [0.15, 0.2) is 11.4 Å². The Morgan fingerprint density at radius 1 is 1.12 bits per heavy atom. The second kappa shape index (κ2) is 10.3. The van der Waals surface area contributed by atoms with Crippen LogP contribution in [0.25, 0.3) is 16.9 Å². The van der Waals surface area contributed by atoms with Crippen molar-refractivity contribution in [3.05, 3.63) is 58.7 Å². The highest BCUT2D eigenvalue weighted by molar-refractivity contribution is 6.25. The average Bonchev–Trinajstić information content (AvgIpc) is 3.43. The first-order valence-electron chi connectivity index (χ1n) is 14.5. The molecule has 6 rings (SSSR count). The summed E-state index contributed by atoms with van der Waals surface area (Å²) in [5.41, 5.74) is 6.27. The number of Topliss-reactive ketones (excluding diaryl/α,β-unsaturated/α-hetero) is 2. The van der Waals surface area contributed by atoms with E-state index in [0.29, 0.717) is 5.56 Å². The SMILES string of the molecule is CN(C)[C@H]1C(O)C(C(N)=O)C(=O)[C@]2(O)C(=O)C3=C(O)c4c(O)ccc(-c5cccc(CN6CCCC6)c5)c4C[C@@H]3C[C@H]12. The quantitative estimate of drug-likeness (QED) is 0.331. The summed E-state index contributed by atoms with van der Waals surface area (Å²) in [7, 11) is 3.27. The molecule has 0 bridgehead atoms. The number of rotatable bonds is 5. The normalized spacial score (nSPS) is 31.2. The lowest BCUT2D eigenvalue weighted by atomic mass is 9.54. The fraction of sp³-hybridized carbons (Fsp3) is 0.469. The van der Waals surface area contributed by atoms with Crippen LogP contribution < -0.4 is 5.73 Å². The maximum atomic E-state index is 14.0. The molecule has 3 aliphatic carbocycles. The van der Waals surface area contributed by atoms with Gasteiger partial charge in [-0.2, -0.15) is 0 Å². The lowest BCUT2D eigenvalue weighted by Crippen LogP contribution is -2.73. The number of hydrogen-bond acceptors (Lipinski definition) is 9. The highest BCUT2D eigenvalue weighted by atomic mass is 16.3. The minimum Gasteiger partial charge on any atom is -0.507 e. The fourth-order valence-corrected chi connectivity index (χ4v) is 7.91. The predicted octanol–water partition coefficient (Wildman–Crippen LogP) is 1.39. The number of nitrogens with two attached hydrogens (primary N) is 1. The van der Waals surface area contributed by atoms with Crippen molar-refractivity contribution in [3.8, 4) is 16.9 Å². The average molecular weight is 576 g/mol. The molecule has 4 aliphatic rings. The summed E-state index contributed by atoms with van der Waals surface area (Å²) in [5, 5.41) is 45.3. The standard InChI is InChI=1S/C32H37N3O7/c1-34(2)26-21-14-18-13-20-19(17-7-5-6-16(12-17)15-35-10-3-4-11-35)8-9-22(36)24(20)27(37)23(18)29(39)32(21,42)30(40)25(28(26)38)31(33)41/h5-9,12,18,21,25-26,28,36-38,42H,3-4,10-11,13-15H2,1-2H3,(H2,33,41)/t18-,21-,25?,26-,28?,32-/m1/s1. The Morgan fingerprint density at radius 3 is 2.50 bits per heavy atom. The second-order valence-corrected chi connectivity index (χ2v) is 12.5. The van der Waals surface area contributed by atoms with Gasteiger partial charge < -0.3 is 31.1 Å². The van der Waals surface area contributed by atoms with Gasteiger partial charge in [-0.1, -0.05) is 24.3 Å². The third kappa shape index (κ3) is 4.19. The molecule has 2 aromatic carbocycles. The molecule has 1 amide bonds. The highest BCUT2D eigenvalue weighted by Crippen LogP contribution is 2.53. The van der Waals surface area contributed by atoms with Crippen LogP contribution in [-0.4, -0.2) is 92.6 Å². The molecule has 10 nitrogen and oxygen atoms in total. The molecule has 2 aromatic rings. The Morgan fingerprint density at radius 2 is 1.83 bits per heavy atom. The Kier molecular flexibility index (Phi) is 7.00. The number of phenols is 1. The van der Waals surface area contributed by atoms with Crippen molar-refractivity contribution in [1.29, 1.82) is 0 Å². The number of aliphatic hydroxyl groups excluding tert-OH is 2. The molecule has 2 unspecified atom stereocenters. The number of carbonyl (C=O) groups excluding carboxylic acids is 3.